The number of hydrogen-bond acceptors (Lipinski definition) is 3. The molecule has 5 nitrogen and oxygen atoms in total. The van der Waals surface area contributed by atoms with Gasteiger partial charge in [-0.3, -0.25) is 9.48 Å². The van der Waals surface area contributed by atoms with Crippen molar-refractivity contribution >= 4 is 11.6 Å². The van der Waals surface area contributed by atoms with Crippen LogP contribution in [0.2, 0.25) is 0 Å². The van der Waals surface area contributed by atoms with Crippen molar-refractivity contribution in [3.8, 4) is 5.75 Å². The number of carbonyl (C=O) groups excluding carboxylic acids is 1. The van der Waals surface area contributed by atoms with Gasteiger partial charge in [0.05, 0.1) is 5.69 Å². The third kappa shape index (κ3) is 2.82. The zero-order valence-corrected chi connectivity index (χ0v) is 12.0. The SMILES string of the molecule is CCc1cc(C(=O)Nc2ccc(O)c(C)c2)n(CC)n1. The van der Waals surface area contributed by atoms with E-state index in [2.05, 4.69) is 10.4 Å². The monoisotopic (exact) mass is 273 g/mol. The minimum atomic E-state index is -0.191. The van der Waals surface area contributed by atoms with Crippen LogP contribution in [0.15, 0.2) is 24.3 Å². The molecule has 0 aliphatic heterocycles. The Labute approximate surface area is 118 Å². The van der Waals surface area contributed by atoms with Crippen LogP contribution in [0.5, 0.6) is 5.75 Å². The number of nitrogens with zero attached hydrogens (tertiary/aromatic N) is 2. The molecule has 2 N–H and O–H groups in total. The Morgan fingerprint density at radius 1 is 1.35 bits per heavy atom. The van der Waals surface area contributed by atoms with Crippen LogP contribution < -0.4 is 5.32 Å². The summed E-state index contributed by atoms with van der Waals surface area (Å²) < 4.78 is 1.70. The number of amides is 1. The largest absolute Gasteiger partial charge is 0.508 e. The van der Waals surface area contributed by atoms with Gasteiger partial charge in [-0.15, -0.1) is 0 Å². The Morgan fingerprint density at radius 2 is 2.10 bits per heavy atom. The molecule has 1 heterocycles. The van der Waals surface area contributed by atoms with Gasteiger partial charge in [0.15, 0.2) is 0 Å². The van der Waals surface area contributed by atoms with Gasteiger partial charge in [-0.1, -0.05) is 6.92 Å². The molecule has 20 heavy (non-hydrogen) atoms. The maximum Gasteiger partial charge on any atom is 0.273 e. The molecule has 5 heteroatoms. The van der Waals surface area contributed by atoms with Crippen LogP contribution >= 0.6 is 0 Å². The van der Waals surface area contributed by atoms with Crippen LogP contribution in [0.1, 0.15) is 35.6 Å². The van der Waals surface area contributed by atoms with Gasteiger partial charge in [-0.2, -0.15) is 5.10 Å². The first-order valence-corrected chi connectivity index (χ1v) is 6.72. The van der Waals surface area contributed by atoms with Crippen LogP contribution in [0, 0.1) is 6.92 Å². The van der Waals surface area contributed by atoms with Crippen molar-refractivity contribution in [3.05, 3.63) is 41.2 Å². The Morgan fingerprint density at radius 3 is 2.70 bits per heavy atom. The summed E-state index contributed by atoms with van der Waals surface area (Å²) in [6.45, 7) is 6.40. The minimum Gasteiger partial charge on any atom is -0.508 e. The highest BCUT2D eigenvalue weighted by Crippen LogP contribution is 2.20. The Hall–Kier alpha value is -2.30. The number of aromatic nitrogens is 2. The number of aromatic hydroxyl groups is 1. The summed E-state index contributed by atoms with van der Waals surface area (Å²) in [4.78, 5) is 12.3. The van der Waals surface area contributed by atoms with E-state index in [4.69, 9.17) is 0 Å². The first kappa shape index (κ1) is 14.1. The van der Waals surface area contributed by atoms with E-state index >= 15 is 0 Å². The van der Waals surface area contributed by atoms with Crippen molar-refractivity contribution in [2.75, 3.05) is 5.32 Å². The molecule has 1 aromatic carbocycles. The fraction of sp³-hybridized carbons (Fsp3) is 0.333. The van der Waals surface area contributed by atoms with Crippen molar-refractivity contribution < 1.29 is 9.90 Å². The molecule has 2 aromatic rings. The topological polar surface area (TPSA) is 67.2 Å². The number of phenols is 1. The summed E-state index contributed by atoms with van der Waals surface area (Å²) in [5, 5.41) is 16.7. The average molecular weight is 273 g/mol. The lowest BCUT2D eigenvalue weighted by molar-refractivity contribution is 0.101. The fourth-order valence-electron chi connectivity index (χ4n) is 2.00. The molecule has 0 aliphatic carbocycles. The van der Waals surface area contributed by atoms with Gasteiger partial charge >= 0.3 is 0 Å². The molecule has 0 saturated carbocycles. The van der Waals surface area contributed by atoms with Crippen LogP contribution in [0.3, 0.4) is 0 Å². The van der Waals surface area contributed by atoms with Gasteiger partial charge in [-0.25, -0.2) is 0 Å². The summed E-state index contributed by atoms with van der Waals surface area (Å²) in [5.74, 6) is 0.0269. The zero-order chi connectivity index (χ0) is 14.7. The lowest BCUT2D eigenvalue weighted by Gasteiger charge is -2.08. The number of phenolic OH excluding ortho intramolecular Hbond substituents is 1. The standard InChI is InChI=1S/C15H19N3O2/c1-4-11-9-13(18(5-2)17-11)15(20)16-12-6-7-14(19)10(3)8-12/h6-9,19H,4-5H2,1-3H3,(H,16,20). The average Bonchev–Trinajstić information content (AvgIpc) is 2.86. The second-order valence-corrected chi connectivity index (χ2v) is 4.65. The third-order valence-electron chi connectivity index (χ3n) is 3.18. The molecule has 0 radical (unpaired) electrons. The number of hydrogen-bond donors (Lipinski definition) is 2. The Balaban J connectivity index is 2.23. The lowest BCUT2D eigenvalue weighted by atomic mass is 10.2. The van der Waals surface area contributed by atoms with E-state index in [1.807, 2.05) is 19.9 Å². The Bertz CT molecular complexity index is 632. The van der Waals surface area contributed by atoms with E-state index in [0.29, 0.717) is 17.9 Å². The van der Waals surface area contributed by atoms with Crippen molar-refractivity contribution in [2.24, 2.45) is 0 Å². The summed E-state index contributed by atoms with van der Waals surface area (Å²) in [6.07, 6.45) is 0.797. The molecule has 0 fully saturated rings. The van der Waals surface area contributed by atoms with Gasteiger partial charge in [-0.05, 0) is 50.1 Å². The highest BCUT2D eigenvalue weighted by molar-refractivity contribution is 6.03. The second-order valence-electron chi connectivity index (χ2n) is 4.65. The maximum atomic E-state index is 12.3. The van der Waals surface area contributed by atoms with Crippen LogP contribution in [-0.4, -0.2) is 20.8 Å². The summed E-state index contributed by atoms with van der Waals surface area (Å²) in [7, 11) is 0. The zero-order valence-electron chi connectivity index (χ0n) is 12.0. The van der Waals surface area contributed by atoms with Crippen molar-refractivity contribution in [1.29, 1.82) is 0 Å². The number of anilines is 1. The molecule has 0 aliphatic rings. The number of aryl methyl sites for hydroxylation is 3. The predicted molar refractivity (Wildman–Crippen MR) is 78.1 cm³/mol. The first-order chi connectivity index (χ1) is 9.55. The fourth-order valence-corrected chi connectivity index (χ4v) is 2.00. The normalized spacial score (nSPS) is 10.6. The van der Waals surface area contributed by atoms with Gasteiger partial charge in [0.2, 0.25) is 0 Å². The van der Waals surface area contributed by atoms with Crippen LogP contribution in [0.4, 0.5) is 5.69 Å². The molecule has 0 saturated heterocycles. The molecule has 2 rings (SSSR count). The number of rotatable bonds is 4. The predicted octanol–water partition coefficient (Wildman–Crippen LogP) is 2.73. The quantitative estimate of drug-likeness (QED) is 0.842. The van der Waals surface area contributed by atoms with Gasteiger partial charge in [0.1, 0.15) is 11.4 Å². The van der Waals surface area contributed by atoms with E-state index in [9.17, 15) is 9.90 Å². The molecule has 0 spiro atoms. The van der Waals surface area contributed by atoms with E-state index in [0.717, 1.165) is 17.7 Å². The van der Waals surface area contributed by atoms with Crippen molar-refractivity contribution in [3.63, 3.8) is 0 Å². The Kier molecular flexibility index (Phi) is 4.08. The van der Waals surface area contributed by atoms with Gasteiger partial charge in [0, 0.05) is 12.2 Å². The van der Waals surface area contributed by atoms with Crippen LogP contribution in [0.25, 0.3) is 0 Å². The summed E-state index contributed by atoms with van der Waals surface area (Å²) >= 11 is 0. The molecule has 106 valence electrons. The molecule has 1 aromatic heterocycles. The van der Waals surface area contributed by atoms with Gasteiger partial charge in [0.25, 0.3) is 5.91 Å². The summed E-state index contributed by atoms with van der Waals surface area (Å²) in [6, 6.07) is 6.79. The van der Waals surface area contributed by atoms with E-state index in [-0.39, 0.29) is 11.7 Å². The van der Waals surface area contributed by atoms with Gasteiger partial charge < -0.3 is 10.4 Å². The number of carbonyl (C=O) groups is 1. The molecule has 0 atom stereocenters. The molecule has 0 bridgehead atoms. The van der Waals surface area contributed by atoms with E-state index < -0.39 is 0 Å². The second kappa shape index (κ2) is 5.77. The maximum absolute atomic E-state index is 12.3. The highest BCUT2D eigenvalue weighted by atomic mass is 16.3. The molecular formula is C15H19N3O2. The molecular weight excluding hydrogens is 254 g/mol. The highest BCUT2D eigenvalue weighted by Gasteiger charge is 2.14. The first-order valence-electron chi connectivity index (χ1n) is 6.72. The minimum absolute atomic E-state index is 0.191. The lowest BCUT2D eigenvalue weighted by Crippen LogP contribution is -2.17. The molecule has 0 unspecified atom stereocenters. The van der Waals surface area contributed by atoms with Crippen molar-refractivity contribution in [1.82, 2.24) is 9.78 Å². The number of nitrogens with one attached hydrogen (secondary N) is 1. The van der Waals surface area contributed by atoms with Crippen LogP contribution in [-0.2, 0) is 13.0 Å². The molecule has 1 amide bonds. The smallest absolute Gasteiger partial charge is 0.273 e. The van der Waals surface area contributed by atoms with E-state index in [1.54, 1.807) is 29.8 Å². The van der Waals surface area contributed by atoms with E-state index in [1.165, 1.54) is 0 Å². The van der Waals surface area contributed by atoms with Crippen molar-refractivity contribution in [2.45, 2.75) is 33.7 Å². The third-order valence-corrected chi connectivity index (χ3v) is 3.18. The summed E-state index contributed by atoms with van der Waals surface area (Å²) in [5.41, 5.74) is 2.84. The number of benzene rings is 1.